The van der Waals surface area contributed by atoms with E-state index in [0.29, 0.717) is 18.4 Å². The highest BCUT2D eigenvalue weighted by molar-refractivity contribution is 7.91. The Balaban J connectivity index is 2.06. The van der Waals surface area contributed by atoms with Gasteiger partial charge in [-0.3, -0.25) is 0 Å². The van der Waals surface area contributed by atoms with Gasteiger partial charge in [0.1, 0.15) is 5.82 Å². The summed E-state index contributed by atoms with van der Waals surface area (Å²) in [4.78, 5) is 0. The van der Waals surface area contributed by atoms with E-state index in [1.54, 1.807) is 13.0 Å². The summed E-state index contributed by atoms with van der Waals surface area (Å²) in [6.45, 7) is 1.76. The molecule has 1 aliphatic heterocycles. The number of aliphatic hydroxyl groups excluding tert-OH is 1. The minimum atomic E-state index is -2.92. The van der Waals surface area contributed by atoms with Crippen molar-refractivity contribution in [2.24, 2.45) is 5.92 Å². The van der Waals surface area contributed by atoms with Crippen molar-refractivity contribution >= 4 is 9.84 Å². The van der Waals surface area contributed by atoms with Crippen LogP contribution in [-0.4, -0.2) is 25.0 Å². The number of aryl methyl sites for hydroxylation is 1. The first kappa shape index (κ1) is 13.5. The molecule has 0 bridgehead atoms. The molecule has 0 aromatic heterocycles. The molecule has 2 rings (SSSR count). The highest BCUT2D eigenvalue weighted by atomic mass is 32.2. The van der Waals surface area contributed by atoms with Crippen molar-refractivity contribution in [3.05, 3.63) is 35.1 Å². The number of halogens is 1. The molecule has 18 heavy (non-hydrogen) atoms. The fourth-order valence-corrected chi connectivity index (χ4v) is 4.35. The van der Waals surface area contributed by atoms with E-state index >= 15 is 0 Å². The lowest BCUT2D eigenvalue weighted by Gasteiger charge is -2.15. The molecule has 0 amide bonds. The van der Waals surface area contributed by atoms with Gasteiger partial charge in [-0.25, -0.2) is 12.8 Å². The van der Waals surface area contributed by atoms with Crippen LogP contribution in [0.4, 0.5) is 4.39 Å². The van der Waals surface area contributed by atoms with E-state index in [9.17, 15) is 17.9 Å². The van der Waals surface area contributed by atoms with E-state index in [1.807, 2.05) is 0 Å². The largest absolute Gasteiger partial charge is 0.388 e. The summed E-state index contributed by atoms with van der Waals surface area (Å²) in [6, 6.07) is 4.44. The lowest BCUT2D eigenvalue weighted by Crippen LogP contribution is -2.10. The number of hydrogen-bond acceptors (Lipinski definition) is 3. The van der Waals surface area contributed by atoms with Gasteiger partial charge in [-0.15, -0.1) is 0 Å². The van der Waals surface area contributed by atoms with E-state index in [4.69, 9.17) is 0 Å². The molecule has 100 valence electrons. The Hall–Kier alpha value is -0.940. The van der Waals surface area contributed by atoms with Crippen molar-refractivity contribution < 1.29 is 17.9 Å². The highest BCUT2D eigenvalue weighted by Crippen LogP contribution is 2.29. The van der Waals surface area contributed by atoms with Crippen molar-refractivity contribution in [2.45, 2.75) is 25.9 Å². The van der Waals surface area contributed by atoms with Crippen molar-refractivity contribution in [1.29, 1.82) is 0 Å². The Morgan fingerprint density at radius 3 is 2.72 bits per heavy atom. The second kappa shape index (κ2) is 4.97. The van der Waals surface area contributed by atoms with Crippen LogP contribution in [0.3, 0.4) is 0 Å². The summed E-state index contributed by atoms with van der Waals surface area (Å²) < 4.78 is 35.9. The standard InChI is InChI=1S/C13H17FO3S/c1-9-4-11(7-12(14)5-9)13(15)6-10-2-3-18(16,17)8-10/h4-5,7,10,13,15H,2-3,6,8H2,1H3. The first-order valence-corrected chi connectivity index (χ1v) is 7.83. The fraction of sp³-hybridized carbons (Fsp3) is 0.538. The third-order valence-electron chi connectivity index (χ3n) is 3.33. The second-order valence-corrected chi connectivity index (χ2v) is 7.31. The van der Waals surface area contributed by atoms with Crippen LogP contribution in [0.25, 0.3) is 0 Å². The summed E-state index contributed by atoms with van der Waals surface area (Å²) in [5.41, 5.74) is 1.28. The fourth-order valence-electron chi connectivity index (χ4n) is 2.47. The van der Waals surface area contributed by atoms with E-state index in [1.165, 1.54) is 12.1 Å². The Bertz CT molecular complexity index is 519. The minimum Gasteiger partial charge on any atom is -0.388 e. The molecule has 0 radical (unpaired) electrons. The maximum atomic E-state index is 13.2. The molecule has 1 aliphatic rings. The Labute approximate surface area is 107 Å². The van der Waals surface area contributed by atoms with Gasteiger partial charge in [0, 0.05) is 0 Å². The number of hydrogen-bond donors (Lipinski definition) is 1. The van der Waals surface area contributed by atoms with Crippen LogP contribution in [0.5, 0.6) is 0 Å². The third-order valence-corrected chi connectivity index (χ3v) is 5.17. The maximum Gasteiger partial charge on any atom is 0.150 e. The normalized spacial score (nSPS) is 24.1. The van der Waals surface area contributed by atoms with E-state index in [2.05, 4.69) is 0 Å². The average Bonchev–Trinajstić information content (AvgIpc) is 2.56. The topological polar surface area (TPSA) is 54.4 Å². The molecule has 5 heteroatoms. The van der Waals surface area contributed by atoms with Crippen LogP contribution >= 0.6 is 0 Å². The zero-order valence-electron chi connectivity index (χ0n) is 10.3. The van der Waals surface area contributed by atoms with Crippen molar-refractivity contribution in [3.8, 4) is 0 Å². The van der Waals surface area contributed by atoms with E-state index in [0.717, 1.165) is 5.56 Å². The molecule has 0 saturated carbocycles. The molecule has 1 saturated heterocycles. The van der Waals surface area contributed by atoms with Gasteiger partial charge < -0.3 is 5.11 Å². The van der Waals surface area contributed by atoms with Gasteiger partial charge in [-0.2, -0.15) is 0 Å². The molecule has 1 aromatic rings. The lowest BCUT2D eigenvalue weighted by atomic mass is 9.95. The van der Waals surface area contributed by atoms with Crippen LogP contribution in [0.2, 0.25) is 0 Å². The lowest BCUT2D eigenvalue weighted by molar-refractivity contribution is 0.148. The summed E-state index contributed by atoms with van der Waals surface area (Å²) >= 11 is 0. The Morgan fingerprint density at radius 2 is 2.17 bits per heavy atom. The average molecular weight is 272 g/mol. The van der Waals surface area contributed by atoms with Crippen LogP contribution in [0.1, 0.15) is 30.1 Å². The van der Waals surface area contributed by atoms with Crippen LogP contribution in [-0.2, 0) is 9.84 Å². The summed E-state index contributed by atoms with van der Waals surface area (Å²) in [7, 11) is -2.92. The smallest absolute Gasteiger partial charge is 0.150 e. The first-order chi connectivity index (χ1) is 8.35. The zero-order valence-corrected chi connectivity index (χ0v) is 11.1. The second-order valence-electron chi connectivity index (χ2n) is 5.08. The summed E-state index contributed by atoms with van der Waals surface area (Å²) in [5.74, 6) is -0.0538. The molecule has 2 unspecified atom stereocenters. The number of benzene rings is 1. The SMILES string of the molecule is Cc1cc(F)cc(C(O)CC2CCS(=O)(=O)C2)c1. The van der Waals surface area contributed by atoms with Gasteiger partial charge >= 0.3 is 0 Å². The number of aliphatic hydroxyl groups is 1. The van der Waals surface area contributed by atoms with Crippen LogP contribution in [0.15, 0.2) is 18.2 Å². The quantitative estimate of drug-likeness (QED) is 0.915. The molecule has 1 N–H and O–H groups in total. The Morgan fingerprint density at radius 1 is 1.44 bits per heavy atom. The molecule has 1 fully saturated rings. The summed E-state index contributed by atoms with van der Waals surface area (Å²) in [5, 5.41) is 10.0. The van der Waals surface area contributed by atoms with Gasteiger partial charge in [0.25, 0.3) is 0 Å². The molecule has 1 heterocycles. The van der Waals surface area contributed by atoms with E-state index < -0.39 is 15.9 Å². The maximum absolute atomic E-state index is 13.2. The van der Waals surface area contributed by atoms with Gasteiger partial charge in [0.05, 0.1) is 17.6 Å². The van der Waals surface area contributed by atoms with Crippen molar-refractivity contribution in [1.82, 2.24) is 0 Å². The molecule has 2 atom stereocenters. The van der Waals surface area contributed by atoms with Gasteiger partial charge in [-0.1, -0.05) is 6.07 Å². The van der Waals surface area contributed by atoms with Gasteiger partial charge in [0.2, 0.25) is 0 Å². The molecule has 3 nitrogen and oxygen atoms in total. The number of sulfone groups is 1. The molecular formula is C13H17FO3S. The monoisotopic (exact) mass is 272 g/mol. The number of rotatable bonds is 3. The van der Waals surface area contributed by atoms with Gasteiger partial charge in [0.15, 0.2) is 9.84 Å². The first-order valence-electron chi connectivity index (χ1n) is 6.01. The molecule has 0 aliphatic carbocycles. The highest BCUT2D eigenvalue weighted by Gasteiger charge is 2.29. The van der Waals surface area contributed by atoms with Gasteiger partial charge in [-0.05, 0) is 48.9 Å². The molecule has 0 spiro atoms. The minimum absolute atomic E-state index is 0.0198. The zero-order chi connectivity index (χ0) is 13.3. The molecule has 1 aromatic carbocycles. The van der Waals surface area contributed by atoms with Crippen molar-refractivity contribution in [3.63, 3.8) is 0 Å². The Kier molecular flexibility index (Phi) is 3.73. The predicted octanol–water partition coefficient (Wildman–Crippen LogP) is 1.99. The van der Waals surface area contributed by atoms with Crippen molar-refractivity contribution in [2.75, 3.05) is 11.5 Å². The van der Waals surface area contributed by atoms with Crippen LogP contribution in [0, 0.1) is 18.7 Å². The summed E-state index contributed by atoms with van der Waals surface area (Å²) in [6.07, 6.45) is 0.174. The van der Waals surface area contributed by atoms with Crippen LogP contribution < -0.4 is 0 Å². The molecular weight excluding hydrogens is 255 g/mol. The third kappa shape index (κ3) is 3.29. The predicted molar refractivity (Wildman–Crippen MR) is 67.5 cm³/mol. The van der Waals surface area contributed by atoms with E-state index in [-0.39, 0.29) is 23.2 Å².